The Morgan fingerprint density at radius 2 is 0.477 bits per heavy atom. The zero-order chi connectivity index (χ0) is 31.7. The van der Waals surface area contributed by atoms with Crippen LogP contribution in [0.3, 0.4) is 0 Å². The molecule has 0 aliphatic heterocycles. The van der Waals surface area contributed by atoms with Gasteiger partial charge in [0.05, 0.1) is 27.2 Å². The van der Waals surface area contributed by atoms with Crippen molar-refractivity contribution in [3.63, 3.8) is 0 Å². The highest BCUT2D eigenvalue weighted by atomic mass is 35.5. The summed E-state index contributed by atoms with van der Waals surface area (Å²) < 4.78 is 1.27. The van der Waals surface area contributed by atoms with Crippen molar-refractivity contribution in [3.05, 3.63) is 0 Å². The average Bonchev–Trinajstić information content (AvgIpc) is 2.98. The fourth-order valence-corrected chi connectivity index (χ4v) is 7.69. The molecule has 0 spiro atoms. The lowest BCUT2D eigenvalue weighted by Gasteiger charge is -2.37. The summed E-state index contributed by atoms with van der Waals surface area (Å²) in [5, 5.41) is 0. The molecule has 0 bridgehead atoms. The highest BCUT2D eigenvalue weighted by Crippen LogP contribution is 2.26. The van der Waals surface area contributed by atoms with Crippen LogP contribution in [0.4, 0.5) is 0 Å². The van der Waals surface area contributed by atoms with Crippen molar-refractivity contribution < 1.29 is 16.9 Å². The predicted octanol–water partition coefficient (Wildman–Crippen LogP) is 11.9. The van der Waals surface area contributed by atoms with Gasteiger partial charge in [0, 0.05) is 11.8 Å². The van der Waals surface area contributed by atoms with Gasteiger partial charge < -0.3 is 16.9 Å². The SMILES string of the molecule is CCCCCCCCCCC(CCCCCCCC)C[N+](C)(C)CC(CCCCCCCC)CCCCCCCCCC.[Cl-]. The number of unbranched alkanes of at least 4 members (excludes halogenated alkanes) is 24. The summed E-state index contributed by atoms with van der Waals surface area (Å²) in [7, 11) is 5.20. The minimum atomic E-state index is 0. The fraction of sp³-hybridized carbons (Fsp3) is 1.00. The highest BCUT2D eigenvalue weighted by molar-refractivity contribution is 4.65. The first-order valence-electron chi connectivity index (χ1n) is 20.8. The maximum atomic E-state index is 2.60. The monoisotopic (exact) mass is 642 g/mol. The first-order chi connectivity index (χ1) is 21.0. The molecule has 0 aromatic rings. The number of hydrogen-bond donors (Lipinski definition) is 0. The van der Waals surface area contributed by atoms with Crippen LogP contribution >= 0.6 is 0 Å². The van der Waals surface area contributed by atoms with Gasteiger partial charge in [0.1, 0.15) is 0 Å². The van der Waals surface area contributed by atoms with Crippen molar-refractivity contribution in [1.29, 1.82) is 0 Å². The Kier molecular flexibility index (Phi) is 38.0. The maximum Gasteiger partial charge on any atom is 0.0811 e. The molecule has 0 rings (SSSR count). The third-order valence-corrected chi connectivity index (χ3v) is 10.4. The summed E-state index contributed by atoms with van der Waals surface area (Å²) in [4.78, 5) is 0. The second kappa shape index (κ2) is 36.1. The molecular formula is C42H88ClN. The molecule has 0 heterocycles. The van der Waals surface area contributed by atoms with Gasteiger partial charge in [-0.3, -0.25) is 0 Å². The van der Waals surface area contributed by atoms with Crippen molar-refractivity contribution in [2.24, 2.45) is 11.8 Å². The van der Waals surface area contributed by atoms with Gasteiger partial charge in [0.25, 0.3) is 0 Å². The average molecular weight is 643 g/mol. The minimum Gasteiger partial charge on any atom is -1.00 e. The first-order valence-corrected chi connectivity index (χ1v) is 20.8. The molecule has 0 amide bonds. The smallest absolute Gasteiger partial charge is 0.0811 e. The highest BCUT2D eigenvalue weighted by Gasteiger charge is 2.26. The van der Waals surface area contributed by atoms with Gasteiger partial charge in [-0.2, -0.15) is 0 Å². The molecule has 0 saturated heterocycles. The van der Waals surface area contributed by atoms with E-state index in [1.54, 1.807) is 0 Å². The van der Waals surface area contributed by atoms with Crippen LogP contribution in [0.2, 0.25) is 0 Å². The Balaban J connectivity index is 0. The molecule has 1 nitrogen and oxygen atoms in total. The second-order valence-corrected chi connectivity index (χ2v) is 15.7. The molecule has 0 radical (unpaired) electrons. The van der Waals surface area contributed by atoms with Crippen molar-refractivity contribution in [2.75, 3.05) is 27.2 Å². The lowest BCUT2D eigenvalue weighted by Crippen LogP contribution is -3.00. The van der Waals surface area contributed by atoms with Gasteiger partial charge in [-0.15, -0.1) is 0 Å². The Labute approximate surface area is 288 Å². The van der Waals surface area contributed by atoms with E-state index in [-0.39, 0.29) is 12.4 Å². The van der Waals surface area contributed by atoms with E-state index in [0.717, 1.165) is 11.8 Å². The molecule has 0 fully saturated rings. The molecule has 2 atom stereocenters. The van der Waals surface area contributed by atoms with E-state index < -0.39 is 0 Å². The van der Waals surface area contributed by atoms with Crippen LogP contribution in [0.25, 0.3) is 0 Å². The minimum absolute atomic E-state index is 0. The molecule has 0 aromatic carbocycles. The molecule has 0 aliphatic rings. The largest absolute Gasteiger partial charge is 1.00 e. The lowest BCUT2D eigenvalue weighted by molar-refractivity contribution is -0.897. The van der Waals surface area contributed by atoms with Gasteiger partial charge in [-0.25, -0.2) is 0 Å². The quantitative estimate of drug-likeness (QED) is 0.0471. The Morgan fingerprint density at radius 1 is 0.295 bits per heavy atom. The number of halogens is 1. The molecule has 2 unspecified atom stereocenters. The van der Waals surface area contributed by atoms with Crippen molar-refractivity contribution in [3.8, 4) is 0 Å². The Hall–Kier alpha value is 0.250. The number of hydrogen-bond acceptors (Lipinski definition) is 0. The van der Waals surface area contributed by atoms with Crippen LogP contribution in [0.5, 0.6) is 0 Å². The third-order valence-electron chi connectivity index (χ3n) is 10.4. The van der Waals surface area contributed by atoms with Gasteiger partial charge in [-0.05, 0) is 25.7 Å². The van der Waals surface area contributed by atoms with E-state index >= 15 is 0 Å². The van der Waals surface area contributed by atoms with E-state index in [4.69, 9.17) is 0 Å². The molecule has 2 heteroatoms. The van der Waals surface area contributed by atoms with Crippen LogP contribution in [0, 0.1) is 11.8 Å². The van der Waals surface area contributed by atoms with Crippen molar-refractivity contribution >= 4 is 0 Å². The lowest BCUT2D eigenvalue weighted by atomic mass is 9.90. The van der Waals surface area contributed by atoms with Crippen LogP contribution < -0.4 is 12.4 Å². The van der Waals surface area contributed by atoms with E-state index in [9.17, 15) is 0 Å². The summed E-state index contributed by atoms with van der Waals surface area (Å²) >= 11 is 0. The van der Waals surface area contributed by atoms with E-state index in [0.29, 0.717) is 0 Å². The van der Waals surface area contributed by atoms with Crippen LogP contribution in [0.15, 0.2) is 0 Å². The number of quaternary nitrogens is 1. The molecular weight excluding hydrogens is 554 g/mol. The zero-order valence-corrected chi connectivity index (χ0v) is 32.8. The van der Waals surface area contributed by atoms with Crippen LogP contribution in [-0.4, -0.2) is 31.7 Å². The predicted molar refractivity (Wildman–Crippen MR) is 199 cm³/mol. The third kappa shape index (κ3) is 33.6. The van der Waals surface area contributed by atoms with Crippen LogP contribution in [0.1, 0.15) is 233 Å². The molecule has 0 aliphatic carbocycles. The van der Waals surface area contributed by atoms with Crippen molar-refractivity contribution in [2.45, 2.75) is 233 Å². The number of rotatable bonds is 36. The summed E-state index contributed by atoms with van der Waals surface area (Å²) in [6.07, 6.45) is 46.6. The molecule has 44 heavy (non-hydrogen) atoms. The summed E-state index contributed by atoms with van der Waals surface area (Å²) in [5.74, 6) is 1.89. The second-order valence-electron chi connectivity index (χ2n) is 15.7. The van der Waals surface area contributed by atoms with Gasteiger partial charge >= 0.3 is 0 Å². The summed E-state index contributed by atoms with van der Waals surface area (Å²) in [6, 6.07) is 0. The topological polar surface area (TPSA) is 0 Å². The molecule has 0 N–H and O–H groups in total. The van der Waals surface area contributed by atoms with Gasteiger partial charge in [-0.1, -0.05) is 207 Å². The summed E-state index contributed by atoms with van der Waals surface area (Å²) in [5.41, 5.74) is 0. The normalized spacial score (nSPS) is 13.2. The van der Waals surface area contributed by atoms with E-state index in [1.165, 1.54) is 223 Å². The van der Waals surface area contributed by atoms with Gasteiger partial charge in [0.15, 0.2) is 0 Å². The molecule has 0 saturated carbocycles. The molecule has 0 aromatic heterocycles. The number of nitrogens with zero attached hydrogens (tertiary/aromatic N) is 1. The van der Waals surface area contributed by atoms with Gasteiger partial charge in [0.2, 0.25) is 0 Å². The summed E-state index contributed by atoms with van der Waals surface area (Å²) in [6.45, 7) is 12.2. The fourth-order valence-electron chi connectivity index (χ4n) is 7.69. The standard InChI is InChI=1S/C42H88N.ClH/c1-7-11-15-19-23-25-29-33-37-41(35-31-27-21-17-13-9-3)39-43(5,6)40-42(36-32-28-22-18-14-10-4)38-34-30-26-24-20-16-12-8-2;/h41-42H,7-40H2,1-6H3;1H/q+1;/p-1. The zero-order valence-electron chi connectivity index (χ0n) is 32.0. The maximum absolute atomic E-state index is 2.60. The van der Waals surface area contributed by atoms with Crippen molar-refractivity contribution in [1.82, 2.24) is 0 Å². The van der Waals surface area contributed by atoms with E-state index in [1.807, 2.05) is 0 Å². The Morgan fingerprint density at radius 3 is 0.682 bits per heavy atom. The Bertz CT molecular complexity index is 474. The first kappa shape index (κ1) is 46.4. The van der Waals surface area contributed by atoms with Crippen LogP contribution in [-0.2, 0) is 0 Å². The van der Waals surface area contributed by atoms with E-state index in [2.05, 4.69) is 41.8 Å². The molecule has 268 valence electrons.